The third-order valence-corrected chi connectivity index (χ3v) is 5.99. The van der Waals surface area contributed by atoms with Crippen molar-refractivity contribution in [2.75, 3.05) is 12.3 Å². The van der Waals surface area contributed by atoms with Gasteiger partial charge >= 0.3 is 5.97 Å². The Hall–Kier alpha value is -2.35. The van der Waals surface area contributed by atoms with Gasteiger partial charge < -0.3 is 10.4 Å². The number of hydrogen-bond donors (Lipinski definition) is 2. The van der Waals surface area contributed by atoms with E-state index < -0.39 is 11.4 Å². The van der Waals surface area contributed by atoms with Crippen LogP contribution in [0.2, 0.25) is 0 Å². The standard InChI is InChI=1S/C19H24N4O3S/c1-14-5-7-15(8-6-14)23-13-21-22-18(23)27-11-16(24)20-12-19(17(25)26)9-3-2-4-10-19/h5-8,13H,2-4,9-12H2,1H3,(H,20,24)(H,25,26). The van der Waals surface area contributed by atoms with E-state index in [2.05, 4.69) is 15.5 Å². The lowest BCUT2D eigenvalue weighted by Gasteiger charge is -2.33. The van der Waals surface area contributed by atoms with Crippen molar-refractivity contribution in [3.63, 3.8) is 0 Å². The van der Waals surface area contributed by atoms with Crippen LogP contribution in [0.25, 0.3) is 5.69 Å². The lowest BCUT2D eigenvalue weighted by Crippen LogP contribution is -2.44. The van der Waals surface area contributed by atoms with E-state index in [0.717, 1.165) is 30.5 Å². The number of carboxylic acids is 1. The van der Waals surface area contributed by atoms with E-state index in [1.165, 1.54) is 11.8 Å². The number of rotatable bonds is 7. The Balaban J connectivity index is 1.56. The van der Waals surface area contributed by atoms with Crippen LogP contribution in [0.15, 0.2) is 35.7 Å². The lowest BCUT2D eigenvalue weighted by atomic mass is 9.74. The Morgan fingerprint density at radius 3 is 2.59 bits per heavy atom. The minimum atomic E-state index is -0.819. The molecule has 1 fully saturated rings. The van der Waals surface area contributed by atoms with E-state index in [1.807, 2.05) is 35.8 Å². The van der Waals surface area contributed by atoms with Crippen molar-refractivity contribution >= 4 is 23.6 Å². The van der Waals surface area contributed by atoms with Crippen molar-refractivity contribution in [2.45, 2.75) is 44.2 Å². The molecule has 2 N–H and O–H groups in total. The first kappa shape index (κ1) is 19.4. The molecule has 0 spiro atoms. The molecule has 1 saturated carbocycles. The summed E-state index contributed by atoms with van der Waals surface area (Å²) in [6, 6.07) is 7.96. The van der Waals surface area contributed by atoms with Crippen LogP contribution in [0.3, 0.4) is 0 Å². The van der Waals surface area contributed by atoms with E-state index in [1.54, 1.807) is 6.33 Å². The van der Waals surface area contributed by atoms with Gasteiger partial charge in [0.05, 0.1) is 11.2 Å². The number of aryl methyl sites for hydroxylation is 1. The van der Waals surface area contributed by atoms with Crippen LogP contribution in [0, 0.1) is 12.3 Å². The molecule has 1 aliphatic carbocycles. The second kappa shape index (κ2) is 8.56. The number of nitrogens with zero attached hydrogens (tertiary/aromatic N) is 3. The highest BCUT2D eigenvalue weighted by molar-refractivity contribution is 7.99. The summed E-state index contributed by atoms with van der Waals surface area (Å²) in [5.74, 6) is -0.834. The molecule has 3 rings (SSSR count). The first-order valence-electron chi connectivity index (χ1n) is 9.10. The van der Waals surface area contributed by atoms with Crippen LogP contribution < -0.4 is 5.32 Å². The zero-order valence-corrected chi connectivity index (χ0v) is 16.2. The van der Waals surface area contributed by atoms with E-state index in [-0.39, 0.29) is 18.2 Å². The smallest absolute Gasteiger partial charge is 0.311 e. The fraction of sp³-hybridized carbons (Fsp3) is 0.474. The van der Waals surface area contributed by atoms with Gasteiger partial charge in [0.1, 0.15) is 6.33 Å². The monoisotopic (exact) mass is 388 g/mol. The van der Waals surface area contributed by atoms with Gasteiger partial charge in [-0.2, -0.15) is 0 Å². The molecule has 7 nitrogen and oxygen atoms in total. The van der Waals surface area contributed by atoms with Crippen molar-refractivity contribution in [1.82, 2.24) is 20.1 Å². The molecule has 0 bridgehead atoms. The molecule has 0 aliphatic heterocycles. The number of hydrogen-bond acceptors (Lipinski definition) is 5. The van der Waals surface area contributed by atoms with Gasteiger partial charge in [0.2, 0.25) is 5.91 Å². The number of carboxylic acid groups (broad SMARTS) is 1. The Bertz CT molecular complexity index is 798. The summed E-state index contributed by atoms with van der Waals surface area (Å²) in [5, 5.41) is 21.0. The van der Waals surface area contributed by atoms with Gasteiger partial charge in [0.25, 0.3) is 0 Å². The molecular weight excluding hydrogens is 364 g/mol. The van der Waals surface area contributed by atoms with E-state index >= 15 is 0 Å². The van der Waals surface area contributed by atoms with Crippen molar-refractivity contribution in [3.05, 3.63) is 36.2 Å². The second-order valence-electron chi connectivity index (χ2n) is 7.03. The van der Waals surface area contributed by atoms with Gasteiger partial charge in [-0.15, -0.1) is 10.2 Å². The average Bonchev–Trinajstić information content (AvgIpc) is 3.14. The van der Waals surface area contributed by atoms with Gasteiger partial charge in [0, 0.05) is 12.2 Å². The summed E-state index contributed by atoms with van der Waals surface area (Å²) < 4.78 is 1.83. The number of aromatic nitrogens is 3. The quantitative estimate of drug-likeness (QED) is 0.708. The molecule has 1 aliphatic rings. The molecule has 0 unspecified atom stereocenters. The van der Waals surface area contributed by atoms with Crippen molar-refractivity contribution in [1.29, 1.82) is 0 Å². The maximum absolute atomic E-state index is 12.3. The zero-order chi connectivity index (χ0) is 19.3. The maximum Gasteiger partial charge on any atom is 0.311 e. The summed E-state index contributed by atoms with van der Waals surface area (Å²) in [4.78, 5) is 23.9. The second-order valence-corrected chi connectivity index (χ2v) is 7.97. The number of amides is 1. The topological polar surface area (TPSA) is 97.1 Å². The van der Waals surface area contributed by atoms with Gasteiger partial charge in [-0.1, -0.05) is 48.7 Å². The predicted molar refractivity (Wildman–Crippen MR) is 103 cm³/mol. The summed E-state index contributed by atoms with van der Waals surface area (Å²) in [6.45, 7) is 2.21. The summed E-state index contributed by atoms with van der Waals surface area (Å²) >= 11 is 1.28. The van der Waals surface area contributed by atoms with Crippen LogP contribution in [-0.4, -0.2) is 44.0 Å². The van der Waals surface area contributed by atoms with Crippen LogP contribution in [0.4, 0.5) is 0 Å². The van der Waals surface area contributed by atoms with Gasteiger partial charge in [-0.25, -0.2) is 0 Å². The molecule has 2 aromatic rings. The van der Waals surface area contributed by atoms with Crippen LogP contribution in [0.1, 0.15) is 37.7 Å². The van der Waals surface area contributed by atoms with Gasteiger partial charge in [-0.05, 0) is 31.9 Å². The van der Waals surface area contributed by atoms with Gasteiger partial charge in [0.15, 0.2) is 5.16 Å². The number of carbonyl (C=O) groups is 2. The first-order chi connectivity index (χ1) is 13.0. The SMILES string of the molecule is Cc1ccc(-n2cnnc2SCC(=O)NCC2(C(=O)O)CCCCC2)cc1. The predicted octanol–water partition coefficient (Wildman–Crippen LogP) is 2.82. The molecule has 1 heterocycles. The Morgan fingerprint density at radius 1 is 1.22 bits per heavy atom. The molecular formula is C19H24N4O3S. The minimum Gasteiger partial charge on any atom is -0.481 e. The Labute approximate surface area is 162 Å². The van der Waals surface area contributed by atoms with Crippen LogP contribution in [-0.2, 0) is 9.59 Å². The van der Waals surface area contributed by atoms with E-state index in [9.17, 15) is 14.7 Å². The summed E-state index contributed by atoms with van der Waals surface area (Å²) in [7, 11) is 0. The van der Waals surface area contributed by atoms with Crippen molar-refractivity contribution < 1.29 is 14.7 Å². The number of carbonyl (C=O) groups excluding carboxylic acids is 1. The Morgan fingerprint density at radius 2 is 1.93 bits per heavy atom. The number of thioether (sulfide) groups is 1. The number of aliphatic carboxylic acids is 1. The van der Waals surface area contributed by atoms with Crippen molar-refractivity contribution in [2.24, 2.45) is 5.41 Å². The molecule has 0 radical (unpaired) electrons. The van der Waals surface area contributed by atoms with Crippen molar-refractivity contribution in [3.8, 4) is 5.69 Å². The first-order valence-corrected chi connectivity index (χ1v) is 10.1. The average molecular weight is 388 g/mol. The highest BCUT2D eigenvalue weighted by Gasteiger charge is 2.39. The molecule has 27 heavy (non-hydrogen) atoms. The summed E-state index contributed by atoms with van der Waals surface area (Å²) in [6.07, 6.45) is 5.72. The number of benzene rings is 1. The Kier molecular flexibility index (Phi) is 6.15. The summed E-state index contributed by atoms with van der Waals surface area (Å²) in [5.41, 5.74) is 1.27. The van der Waals surface area contributed by atoms with Crippen LogP contribution in [0.5, 0.6) is 0 Å². The fourth-order valence-electron chi connectivity index (χ4n) is 3.35. The molecule has 8 heteroatoms. The van der Waals surface area contributed by atoms with Crippen LogP contribution >= 0.6 is 11.8 Å². The normalized spacial score (nSPS) is 16.0. The molecule has 1 aromatic heterocycles. The molecule has 1 amide bonds. The lowest BCUT2D eigenvalue weighted by molar-refractivity contribution is -0.151. The number of nitrogens with one attached hydrogen (secondary N) is 1. The third kappa shape index (κ3) is 4.68. The molecule has 1 aromatic carbocycles. The van der Waals surface area contributed by atoms with E-state index in [4.69, 9.17) is 0 Å². The fourth-order valence-corrected chi connectivity index (χ4v) is 4.11. The molecule has 144 valence electrons. The molecule has 0 saturated heterocycles. The zero-order valence-electron chi connectivity index (χ0n) is 15.4. The highest BCUT2D eigenvalue weighted by Crippen LogP contribution is 2.36. The van der Waals surface area contributed by atoms with E-state index in [0.29, 0.717) is 18.0 Å². The molecule has 0 atom stereocenters. The third-order valence-electron chi connectivity index (χ3n) is 5.05. The van der Waals surface area contributed by atoms with Gasteiger partial charge in [-0.3, -0.25) is 14.2 Å². The minimum absolute atomic E-state index is 0.167. The highest BCUT2D eigenvalue weighted by atomic mass is 32.2. The maximum atomic E-state index is 12.3. The largest absolute Gasteiger partial charge is 0.481 e.